The average molecular weight is 349 g/mol. The molecule has 1 aromatic carbocycles. The van der Waals surface area contributed by atoms with Crippen molar-refractivity contribution >= 4 is 32.1 Å². The van der Waals surface area contributed by atoms with Crippen LogP contribution in [0.2, 0.25) is 0 Å². The number of aldehydes is 1. The van der Waals surface area contributed by atoms with Crippen molar-refractivity contribution in [3.63, 3.8) is 0 Å². The van der Waals surface area contributed by atoms with Crippen LogP contribution in [0, 0.1) is 6.92 Å². The summed E-state index contributed by atoms with van der Waals surface area (Å²) in [6, 6.07) is 3.53. The van der Waals surface area contributed by atoms with Gasteiger partial charge in [-0.1, -0.05) is 22.9 Å². The third kappa shape index (κ3) is 4.95. The van der Waals surface area contributed by atoms with Crippen molar-refractivity contribution in [1.29, 1.82) is 0 Å². The van der Waals surface area contributed by atoms with Crippen LogP contribution >= 0.6 is 15.9 Å². The van der Waals surface area contributed by atoms with Gasteiger partial charge in [-0.05, 0) is 31.0 Å². The molecule has 4 nitrogen and oxygen atoms in total. The van der Waals surface area contributed by atoms with Gasteiger partial charge in [0.05, 0.1) is 17.9 Å². The molecule has 0 radical (unpaired) electrons. The van der Waals surface area contributed by atoms with Gasteiger partial charge in [-0.2, -0.15) is 0 Å². The summed E-state index contributed by atoms with van der Waals surface area (Å²) in [7, 11) is -2.96. The second-order valence-corrected chi connectivity index (χ2v) is 7.59. The molecule has 0 unspecified atom stereocenters. The standard InChI is InChI=1S/C13H17BrO4S/c1-3-19(16,17)6-4-5-18-13-10(2)7-12(14)8-11(13)9-15/h7-9H,3-6H2,1-2H3. The Balaban J connectivity index is 2.66. The molecule has 6 heteroatoms. The van der Waals surface area contributed by atoms with Crippen LogP contribution in [-0.2, 0) is 9.84 Å². The zero-order valence-corrected chi connectivity index (χ0v) is 13.4. The van der Waals surface area contributed by atoms with Crippen LogP contribution in [0.4, 0.5) is 0 Å². The van der Waals surface area contributed by atoms with Gasteiger partial charge >= 0.3 is 0 Å². The lowest BCUT2D eigenvalue weighted by Gasteiger charge is -2.12. The lowest BCUT2D eigenvalue weighted by Crippen LogP contribution is -2.12. The van der Waals surface area contributed by atoms with Gasteiger partial charge in [0.1, 0.15) is 15.6 Å². The van der Waals surface area contributed by atoms with E-state index < -0.39 is 9.84 Å². The minimum atomic E-state index is -2.96. The molecule has 0 fully saturated rings. The molecule has 1 rings (SSSR count). The summed E-state index contributed by atoms with van der Waals surface area (Å²) in [5.74, 6) is 0.770. The Labute approximate surface area is 122 Å². The van der Waals surface area contributed by atoms with Crippen molar-refractivity contribution in [2.24, 2.45) is 0 Å². The molecule has 0 N–H and O–H groups in total. The van der Waals surface area contributed by atoms with Gasteiger partial charge in [0, 0.05) is 10.2 Å². The van der Waals surface area contributed by atoms with Crippen LogP contribution in [0.25, 0.3) is 0 Å². The number of carbonyl (C=O) groups excluding carboxylic acids is 1. The lowest BCUT2D eigenvalue weighted by molar-refractivity contribution is 0.111. The topological polar surface area (TPSA) is 60.4 Å². The van der Waals surface area contributed by atoms with E-state index in [2.05, 4.69) is 15.9 Å². The van der Waals surface area contributed by atoms with Crippen molar-refractivity contribution in [3.05, 3.63) is 27.7 Å². The summed E-state index contributed by atoms with van der Waals surface area (Å²) in [4.78, 5) is 11.0. The van der Waals surface area contributed by atoms with Crippen molar-refractivity contribution < 1.29 is 17.9 Å². The predicted octanol–water partition coefficient (Wildman–Crippen LogP) is 2.77. The monoisotopic (exact) mass is 348 g/mol. The number of halogens is 1. The third-order valence-electron chi connectivity index (χ3n) is 2.68. The minimum Gasteiger partial charge on any atom is -0.493 e. The molecule has 0 spiro atoms. The van der Waals surface area contributed by atoms with Crippen LogP contribution in [0.1, 0.15) is 29.3 Å². The highest BCUT2D eigenvalue weighted by molar-refractivity contribution is 9.10. The SMILES string of the molecule is CCS(=O)(=O)CCCOc1c(C)cc(Br)cc1C=O. The Morgan fingerprint density at radius 1 is 1.37 bits per heavy atom. The summed E-state index contributed by atoms with van der Waals surface area (Å²) >= 11 is 3.31. The van der Waals surface area contributed by atoms with Crippen LogP contribution in [0.3, 0.4) is 0 Å². The highest BCUT2D eigenvalue weighted by Crippen LogP contribution is 2.26. The fraction of sp³-hybridized carbons (Fsp3) is 0.462. The van der Waals surface area contributed by atoms with Gasteiger partial charge in [-0.3, -0.25) is 4.79 Å². The van der Waals surface area contributed by atoms with Crippen LogP contribution in [0.5, 0.6) is 5.75 Å². The summed E-state index contributed by atoms with van der Waals surface area (Å²) in [6.07, 6.45) is 1.15. The van der Waals surface area contributed by atoms with Gasteiger partial charge in [-0.15, -0.1) is 0 Å². The van der Waals surface area contributed by atoms with E-state index in [4.69, 9.17) is 4.74 Å². The maximum absolute atomic E-state index is 11.3. The molecule has 0 bridgehead atoms. The van der Waals surface area contributed by atoms with Gasteiger partial charge in [-0.25, -0.2) is 8.42 Å². The molecule has 0 saturated heterocycles. The Morgan fingerprint density at radius 2 is 2.05 bits per heavy atom. The molecule has 0 saturated carbocycles. The first kappa shape index (κ1) is 16.2. The first-order chi connectivity index (χ1) is 8.89. The minimum absolute atomic E-state index is 0.107. The summed E-state index contributed by atoms with van der Waals surface area (Å²) in [5, 5.41) is 0. The zero-order valence-electron chi connectivity index (χ0n) is 11.0. The highest BCUT2D eigenvalue weighted by atomic mass is 79.9. The van der Waals surface area contributed by atoms with Gasteiger partial charge in [0.15, 0.2) is 6.29 Å². The molecule has 106 valence electrons. The lowest BCUT2D eigenvalue weighted by atomic mass is 10.1. The molecule has 0 amide bonds. The van der Waals surface area contributed by atoms with Crippen LogP contribution < -0.4 is 4.74 Å². The van der Waals surface area contributed by atoms with Crippen molar-refractivity contribution in [3.8, 4) is 5.75 Å². The number of rotatable bonds is 7. The fourth-order valence-electron chi connectivity index (χ4n) is 1.64. The summed E-state index contributed by atoms with van der Waals surface area (Å²) in [5.41, 5.74) is 1.31. The van der Waals surface area contributed by atoms with E-state index in [1.54, 1.807) is 13.0 Å². The zero-order chi connectivity index (χ0) is 14.5. The van der Waals surface area contributed by atoms with Gasteiger partial charge in [0.2, 0.25) is 0 Å². The van der Waals surface area contributed by atoms with E-state index in [1.165, 1.54) is 0 Å². The summed E-state index contributed by atoms with van der Waals surface area (Å²) in [6.45, 7) is 3.75. The van der Waals surface area contributed by atoms with Crippen LogP contribution in [0.15, 0.2) is 16.6 Å². The Kier molecular flexibility index (Phi) is 6.00. The van der Waals surface area contributed by atoms with Crippen molar-refractivity contribution in [2.45, 2.75) is 20.3 Å². The van der Waals surface area contributed by atoms with Gasteiger partial charge < -0.3 is 4.74 Å². The molecule has 1 aromatic rings. The Hall–Kier alpha value is -0.880. The average Bonchev–Trinajstić information content (AvgIpc) is 2.35. The second kappa shape index (κ2) is 7.05. The molecule has 0 atom stereocenters. The predicted molar refractivity (Wildman–Crippen MR) is 78.7 cm³/mol. The van der Waals surface area contributed by atoms with E-state index in [-0.39, 0.29) is 18.1 Å². The summed E-state index contributed by atoms with van der Waals surface area (Å²) < 4.78 is 29.0. The van der Waals surface area contributed by atoms with Crippen molar-refractivity contribution in [1.82, 2.24) is 0 Å². The first-order valence-corrected chi connectivity index (χ1v) is 8.59. The molecule has 0 heterocycles. The largest absolute Gasteiger partial charge is 0.493 e. The number of aryl methyl sites for hydroxylation is 1. The van der Waals surface area contributed by atoms with E-state index in [9.17, 15) is 13.2 Å². The number of carbonyl (C=O) groups is 1. The number of hydrogen-bond acceptors (Lipinski definition) is 4. The molecular weight excluding hydrogens is 332 g/mol. The first-order valence-electron chi connectivity index (χ1n) is 5.98. The van der Waals surface area contributed by atoms with Crippen molar-refractivity contribution in [2.75, 3.05) is 18.1 Å². The fourth-order valence-corrected chi connectivity index (χ4v) is 3.07. The van der Waals surface area contributed by atoms with E-state index in [0.29, 0.717) is 17.7 Å². The Bertz CT molecular complexity index is 552. The van der Waals surface area contributed by atoms with E-state index in [0.717, 1.165) is 16.3 Å². The molecule has 0 aliphatic heterocycles. The highest BCUT2D eigenvalue weighted by Gasteiger charge is 2.10. The molecule has 0 aromatic heterocycles. The maximum atomic E-state index is 11.3. The molecule has 0 aliphatic rings. The molecule has 19 heavy (non-hydrogen) atoms. The smallest absolute Gasteiger partial charge is 0.153 e. The molecule has 0 aliphatic carbocycles. The van der Waals surface area contributed by atoms with E-state index >= 15 is 0 Å². The number of sulfone groups is 1. The van der Waals surface area contributed by atoms with Crippen LogP contribution in [-0.4, -0.2) is 32.8 Å². The van der Waals surface area contributed by atoms with E-state index in [1.807, 2.05) is 13.0 Å². The quantitative estimate of drug-likeness (QED) is 0.561. The second-order valence-electron chi connectivity index (χ2n) is 4.20. The number of ether oxygens (including phenoxy) is 1. The maximum Gasteiger partial charge on any atom is 0.153 e. The number of benzene rings is 1. The normalized spacial score (nSPS) is 11.3. The Morgan fingerprint density at radius 3 is 2.63 bits per heavy atom. The van der Waals surface area contributed by atoms with Gasteiger partial charge in [0.25, 0.3) is 0 Å². The third-order valence-corrected chi connectivity index (χ3v) is 4.93. The molecular formula is C13H17BrO4S. The number of hydrogen-bond donors (Lipinski definition) is 0.